The minimum Gasteiger partial charge on any atom is -0.496 e. The summed E-state index contributed by atoms with van der Waals surface area (Å²) in [6.45, 7) is 1.16. The Morgan fingerprint density at radius 1 is 0.864 bits per heavy atom. The van der Waals surface area contributed by atoms with Crippen molar-refractivity contribution in [3.8, 4) is 28.6 Å². The summed E-state index contributed by atoms with van der Waals surface area (Å²) in [5.74, 6) is 2.70. The molecule has 5 aromatic rings. The van der Waals surface area contributed by atoms with Crippen LogP contribution in [0.5, 0.6) is 17.2 Å². The topological polar surface area (TPSA) is 111 Å². The van der Waals surface area contributed by atoms with Crippen molar-refractivity contribution in [1.29, 1.82) is 0 Å². The molecule has 0 bridgehead atoms. The van der Waals surface area contributed by atoms with E-state index in [2.05, 4.69) is 31.2 Å². The van der Waals surface area contributed by atoms with Gasteiger partial charge in [0.15, 0.2) is 11.5 Å². The first-order valence-electron chi connectivity index (χ1n) is 13.7. The summed E-state index contributed by atoms with van der Waals surface area (Å²) in [6.07, 6.45) is 1.57. The lowest BCUT2D eigenvalue weighted by Crippen LogP contribution is -2.25. The van der Waals surface area contributed by atoms with Gasteiger partial charge in [-0.2, -0.15) is 0 Å². The largest absolute Gasteiger partial charge is 0.496 e. The van der Waals surface area contributed by atoms with E-state index >= 15 is 0 Å². The van der Waals surface area contributed by atoms with Gasteiger partial charge in [-0.1, -0.05) is 41.4 Å². The number of carbonyl (C=O) groups excluding carboxylic acids is 1. The highest BCUT2D eigenvalue weighted by Gasteiger charge is 2.14. The number of nitrogens with two attached hydrogens (primary N) is 1. The Hall–Kier alpha value is -3.76. The quantitative estimate of drug-likeness (QED) is 0.139. The van der Waals surface area contributed by atoms with Crippen LogP contribution in [0.2, 0.25) is 10.0 Å². The van der Waals surface area contributed by atoms with Gasteiger partial charge in [0.1, 0.15) is 11.6 Å². The third kappa shape index (κ3) is 8.24. The van der Waals surface area contributed by atoms with Gasteiger partial charge in [-0.3, -0.25) is 4.79 Å². The van der Waals surface area contributed by atoms with Gasteiger partial charge in [0.05, 0.1) is 52.4 Å². The third-order valence-corrected chi connectivity index (χ3v) is 7.99. The van der Waals surface area contributed by atoms with Crippen LogP contribution in [-0.2, 0) is 12.8 Å². The number of aromatic amines is 1. The zero-order chi connectivity index (χ0) is 31.6. The number of hydrogen-bond acceptors (Lipinski definition) is 6. The number of nitrogens with one attached hydrogen (secondary N) is 2. The van der Waals surface area contributed by atoms with Crippen molar-refractivity contribution in [2.24, 2.45) is 5.73 Å². The van der Waals surface area contributed by atoms with E-state index in [4.69, 9.17) is 43.1 Å². The lowest BCUT2D eigenvalue weighted by molar-refractivity contribution is 0.0954. The number of methoxy groups -OCH3 is 3. The summed E-state index contributed by atoms with van der Waals surface area (Å²) in [5, 5.41) is 3.97. The molecular formula is C33H33BrCl2N4O4. The van der Waals surface area contributed by atoms with Gasteiger partial charge in [0.2, 0.25) is 0 Å². The highest BCUT2D eigenvalue weighted by Crippen LogP contribution is 2.34. The number of H-pyrrole nitrogens is 1. The van der Waals surface area contributed by atoms with Crippen LogP contribution in [0.4, 0.5) is 0 Å². The number of imidazole rings is 1. The second-order valence-corrected chi connectivity index (χ2v) is 11.3. The minimum atomic E-state index is -0.151. The van der Waals surface area contributed by atoms with E-state index in [0.29, 0.717) is 46.5 Å². The van der Waals surface area contributed by atoms with Crippen molar-refractivity contribution in [1.82, 2.24) is 15.3 Å². The number of rotatable bonds is 10. The van der Waals surface area contributed by atoms with Gasteiger partial charge in [-0.05, 0) is 101 Å². The van der Waals surface area contributed by atoms with Crippen LogP contribution in [-0.4, -0.2) is 50.3 Å². The molecule has 0 aliphatic rings. The molecule has 4 N–H and O–H groups in total. The molecule has 0 unspecified atom stereocenters. The second kappa shape index (κ2) is 15.8. The molecule has 44 heavy (non-hydrogen) atoms. The fraction of sp³-hybridized carbons (Fsp3) is 0.212. The highest BCUT2D eigenvalue weighted by molar-refractivity contribution is 9.10. The van der Waals surface area contributed by atoms with Gasteiger partial charge < -0.3 is 30.2 Å². The van der Waals surface area contributed by atoms with Crippen molar-refractivity contribution >= 4 is 56.1 Å². The molecule has 11 heteroatoms. The fourth-order valence-electron chi connectivity index (χ4n) is 4.48. The zero-order valence-electron chi connectivity index (χ0n) is 24.5. The minimum absolute atomic E-state index is 0.151. The number of hydrogen-bond donors (Lipinski definition) is 3. The molecule has 0 fully saturated rings. The van der Waals surface area contributed by atoms with Crippen LogP contribution >= 0.6 is 39.1 Å². The van der Waals surface area contributed by atoms with Crippen molar-refractivity contribution in [2.75, 3.05) is 34.4 Å². The van der Waals surface area contributed by atoms with Crippen LogP contribution < -0.4 is 25.3 Å². The molecule has 5 rings (SSSR count). The van der Waals surface area contributed by atoms with Gasteiger partial charge in [0, 0.05) is 12.1 Å². The van der Waals surface area contributed by atoms with Gasteiger partial charge >= 0.3 is 0 Å². The average Bonchev–Trinajstić information content (AvgIpc) is 3.44. The molecular weight excluding hydrogens is 667 g/mol. The van der Waals surface area contributed by atoms with E-state index in [-0.39, 0.29) is 5.91 Å². The summed E-state index contributed by atoms with van der Waals surface area (Å²) in [6, 6.07) is 22.3. The van der Waals surface area contributed by atoms with Crippen molar-refractivity contribution in [3.63, 3.8) is 0 Å². The summed E-state index contributed by atoms with van der Waals surface area (Å²) in [7, 11) is 4.88. The Balaban J connectivity index is 0.000000285. The smallest absolute Gasteiger partial charge is 0.251 e. The first-order valence-corrected chi connectivity index (χ1v) is 15.3. The first-order chi connectivity index (χ1) is 21.3. The molecule has 1 heterocycles. The molecule has 0 atom stereocenters. The van der Waals surface area contributed by atoms with Crippen LogP contribution in [0, 0.1) is 0 Å². The highest BCUT2D eigenvalue weighted by atomic mass is 79.9. The van der Waals surface area contributed by atoms with Crippen LogP contribution in [0.1, 0.15) is 21.5 Å². The Morgan fingerprint density at radius 3 is 2.16 bits per heavy atom. The molecule has 0 aliphatic carbocycles. The number of benzene rings is 4. The molecule has 0 saturated carbocycles. The molecule has 8 nitrogen and oxygen atoms in total. The monoisotopic (exact) mass is 698 g/mol. The van der Waals surface area contributed by atoms with Crippen molar-refractivity contribution < 1.29 is 19.0 Å². The normalized spacial score (nSPS) is 10.6. The number of ether oxygens (including phenoxy) is 3. The van der Waals surface area contributed by atoms with E-state index in [1.165, 1.54) is 5.56 Å². The lowest BCUT2D eigenvalue weighted by atomic mass is 10.1. The zero-order valence-corrected chi connectivity index (χ0v) is 27.6. The molecule has 0 radical (unpaired) electrons. The predicted molar refractivity (Wildman–Crippen MR) is 181 cm³/mol. The maximum absolute atomic E-state index is 12.6. The van der Waals surface area contributed by atoms with E-state index < -0.39 is 0 Å². The van der Waals surface area contributed by atoms with E-state index in [0.717, 1.165) is 44.7 Å². The summed E-state index contributed by atoms with van der Waals surface area (Å²) in [5.41, 5.74) is 10.4. The molecule has 4 aromatic carbocycles. The summed E-state index contributed by atoms with van der Waals surface area (Å²) in [4.78, 5) is 20.4. The average molecular weight is 700 g/mol. The van der Waals surface area contributed by atoms with Gasteiger partial charge in [-0.15, -0.1) is 0 Å². The maximum Gasteiger partial charge on any atom is 0.251 e. The fourth-order valence-corrected chi connectivity index (χ4v) is 5.65. The third-order valence-electron chi connectivity index (χ3n) is 6.74. The molecule has 1 amide bonds. The van der Waals surface area contributed by atoms with Crippen molar-refractivity contribution in [3.05, 3.63) is 104 Å². The summed E-state index contributed by atoms with van der Waals surface area (Å²) >= 11 is 16.1. The number of aromatic nitrogens is 2. The van der Waals surface area contributed by atoms with Crippen LogP contribution in [0.15, 0.2) is 77.3 Å². The number of fused-ring (bicyclic) bond motifs is 1. The van der Waals surface area contributed by atoms with Crippen LogP contribution in [0.25, 0.3) is 22.4 Å². The predicted octanol–water partition coefficient (Wildman–Crippen LogP) is 7.49. The molecule has 1 aromatic heterocycles. The molecule has 0 spiro atoms. The van der Waals surface area contributed by atoms with Gasteiger partial charge in [-0.25, -0.2) is 4.98 Å². The Labute approximate surface area is 275 Å². The number of nitrogens with zero attached hydrogens (tertiary/aromatic N) is 1. The molecule has 230 valence electrons. The first kappa shape index (κ1) is 33.1. The number of amides is 1. The second-order valence-electron chi connectivity index (χ2n) is 9.62. The number of halogens is 3. The lowest BCUT2D eigenvalue weighted by Gasteiger charge is -2.08. The molecule has 0 saturated heterocycles. The molecule has 0 aliphatic heterocycles. The Kier molecular flexibility index (Phi) is 11.9. The van der Waals surface area contributed by atoms with Crippen LogP contribution in [0.3, 0.4) is 0 Å². The standard InChI is InChI=1S/C23H18BrCl2N3O2.C10H15NO2/c1-31-20-8-5-13(11-15(20)24)9-10-27-23(30)14-6-7-18-19(12-14)29-22(28-18)21-16(25)3-2-4-17(21)26;1-12-9-4-3-8(5-6-11)7-10(9)13-2/h2-8,11-12H,9-10H2,1H3,(H,27,30)(H,28,29);3-4,7H,5-6,11H2,1-2H3. The van der Waals surface area contributed by atoms with E-state index in [1.54, 1.807) is 57.7 Å². The Morgan fingerprint density at radius 2 is 1.52 bits per heavy atom. The van der Waals surface area contributed by atoms with E-state index in [1.807, 2.05) is 36.4 Å². The van der Waals surface area contributed by atoms with Crippen molar-refractivity contribution in [2.45, 2.75) is 12.8 Å². The SMILES string of the molecule is COc1ccc(CCN)cc1OC.COc1ccc(CCNC(=O)c2ccc3nc(-c4c(Cl)cccc4Cl)[nH]c3c2)cc1Br. The number of carbonyl (C=O) groups is 1. The summed E-state index contributed by atoms with van der Waals surface area (Å²) < 4.78 is 16.4. The van der Waals surface area contributed by atoms with Gasteiger partial charge in [0.25, 0.3) is 5.91 Å². The maximum atomic E-state index is 12.6. The van der Waals surface area contributed by atoms with E-state index in [9.17, 15) is 4.79 Å². The Bertz CT molecular complexity index is 1720.